The Morgan fingerprint density at radius 2 is 2.15 bits per heavy atom. The molecule has 112 valence electrons. The van der Waals surface area contributed by atoms with Crippen molar-refractivity contribution in [1.29, 1.82) is 0 Å². The highest BCUT2D eigenvalue weighted by atomic mass is 79.9. The summed E-state index contributed by atoms with van der Waals surface area (Å²) in [6.45, 7) is 6.14. The fourth-order valence-corrected chi connectivity index (χ4v) is 4.11. The van der Waals surface area contributed by atoms with Crippen molar-refractivity contribution in [2.24, 2.45) is 0 Å². The average molecular weight is 359 g/mol. The van der Waals surface area contributed by atoms with Crippen molar-refractivity contribution in [3.8, 4) is 0 Å². The second-order valence-corrected chi connectivity index (χ2v) is 7.76. The van der Waals surface area contributed by atoms with Gasteiger partial charge in [-0.2, -0.15) is 0 Å². The molecule has 2 rings (SSSR count). The van der Waals surface area contributed by atoms with Gasteiger partial charge in [-0.3, -0.25) is 4.21 Å². The standard InChI is InChI=1S/C15H23BrN2OS/c1-2-17-15(13-4-3-5-14(16)12-13)6-7-18-8-10-20(19)11-9-18/h3-5,12,15,17H,2,6-11H2,1H3. The van der Waals surface area contributed by atoms with Gasteiger partial charge in [-0.05, 0) is 30.7 Å². The lowest BCUT2D eigenvalue weighted by atomic mass is 10.0. The minimum atomic E-state index is -0.581. The maximum atomic E-state index is 11.4. The number of nitrogens with one attached hydrogen (secondary N) is 1. The molecule has 1 N–H and O–H groups in total. The Morgan fingerprint density at radius 3 is 2.80 bits per heavy atom. The molecule has 1 aliphatic heterocycles. The molecule has 5 heteroatoms. The zero-order chi connectivity index (χ0) is 14.4. The third kappa shape index (κ3) is 4.95. The molecule has 1 aliphatic rings. The number of hydrogen-bond acceptors (Lipinski definition) is 3. The van der Waals surface area contributed by atoms with Crippen molar-refractivity contribution in [2.45, 2.75) is 19.4 Å². The first-order valence-electron chi connectivity index (χ1n) is 7.25. The number of benzene rings is 1. The van der Waals surface area contributed by atoms with Crippen LogP contribution in [0.3, 0.4) is 0 Å². The molecule has 0 bridgehead atoms. The first-order chi connectivity index (χ1) is 9.69. The van der Waals surface area contributed by atoms with Gasteiger partial charge in [-0.15, -0.1) is 0 Å². The van der Waals surface area contributed by atoms with Crippen molar-refractivity contribution in [1.82, 2.24) is 10.2 Å². The Bertz CT molecular complexity index is 445. The van der Waals surface area contributed by atoms with Crippen LogP contribution in [0, 0.1) is 0 Å². The Hall–Kier alpha value is -0.230. The van der Waals surface area contributed by atoms with Gasteiger partial charge in [0.1, 0.15) is 0 Å². The average Bonchev–Trinajstić information content (AvgIpc) is 2.45. The van der Waals surface area contributed by atoms with Crippen molar-refractivity contribution in [3.05, 3.63) is 34.3 Å². The first-order valence-corrected chi connectivity index (χ1v) is 9.53. The summed E-state index contributed by atoms with van der Waals surface area (Å²) in [4.78, 5) is 2.43. The van der Waals surface area contributed by atoms with Crippen LogP contribution < -0.4 is 5.32 Å². The first kappa shape index (κ1) is 16.1. The molecule has 0 radical (unpaired) electrons. The zero-order valence-corrected chi connectivity index (χ0v) is 14.4. The predicted molar refractivity (Wildman–Crippen MR) is 89.5 cm³/mol. The second-order valence-electron chi connectivity index (χ2n) is 5.14. The van der Waals surface area contributed by atoms with Crippen molar-refractivity contribution in [3.63, 3.8) is 0 Å². The predicted octanol–water partition coefficient (Wildman–Crippen LogP) is 2.55. The van der Waals surface area contributed by atoms with Crippen LogP contribution in [0.1, 0.15) is 24.9 Å². The van der Waals surface area contributed by atoms with E-state index in [0.717, 1.165) is 48.6 Å². The summed E-state index contributed by atoms with van der Waals surface area (Å²) in [5, 5.41) is 3.57. The smallest absolute Gasteiger partial charge is 0.0363 e. The Kier molecular flexibility index (Phi) is 6.68. The molecule has 1 fully saturated rings. The molecule has 0 amide bonds. The number of hydrogen-bond donors (Lipinski definition) is 1. The summed E-state index contributed by atoms with van der Waals surface area (Å²) >= 11 is 3.54. The second kappa shape index (κ2) is 8.27. The molecular formula is C15H23BrN2OS. The molecule has 1 unspecified atom stereocenters. The van der Waals surface area contributed by atoms with Gasteiger partial charge in [0.05, 0.1) is 0 Å². The summed E-state index contributed by atoms with van der Waals surface area (Å²) in [5.41, 5.74) is 1.34. The highest BCUT2D eigenvalue weighted by Crippen LogP contribution is 2.21. The van der Waals surface area contributed by atoms with Crippen molar-refractivity contribution < 1.29 is 4.21 Å². The van der Waals surface area contributed by atoms with Gasteiger partial charge in [0.25, 0.3) is 0 Å². The number of halogens is 1. The third-order valence-electron chi connectivity index (χ3n) is 3.71. The van der Waals surface area contributed by atoms with Gasteiger partial charge in [0.15, 0.2) is 0 Å². The van der Waals surface area contributed by atoms with Crippen LogP contribution in [0.15, 0.2) is 28.7 Å². The summed E-state index contributed by atoms with van der Waals surface area (Å²) < 4.78 is 12.5. The lowest BCUT2D eigenvalue weighted by Gasteiger charge is -2.28. The normalized spacial score (nSPS) is 19.1. The fourth-order valence-electron chi connectivity index (χ4n) is 2.57. The number of nitrogens with zero attached hydrogens (tertiary/aromatic N) is 1. The fraction of sp³-hybridized carbons (Fsp3) is 0.600. The Morgan fingerprint density at radius 1 is 1.40 bits per heavy atom. The highest BCUT2D eigenvalue weighted by Gasteiger charge is 2.17. The van der Waals surface area contributed by atoms with Crippen LogP contribution in [0.2, 0.25) is 0 Å². The Balaban J connectivity index is 1.90. The SMILES string of the molecule is CCNC(CCN1CCS(=O)CC1)c1cccc(Br)c1. The summed E-state index contributed by atoms with van der Waals surface area (Å²) in [6.07, 6.45) is 1.09. The minimum Gasteiger partial charge on any atom is -0.310 e. The molecule has 20 heavy (non-hydrogen) atoms. The summed E-state index contributed by atoms with van der Waals surface area (Å²) in [7, 11) is -0.581. The summed E-state index contributed by atoms with van der Waals surface area (Å²) in [5.74, 6) is 1.67. The van der Waals surface area contributed by atoms with Gasteiger partial charge < -0.3 is 10.2 Å². The summed E-state index contributed by atoms with van der Waals surface area (Å²) in [6, 6.07) is 8.92. The third-order valence-corrected chi connectivity index (χ3v) is 5.48. The van der Waals surface area contributed by atoms with Crippen LogP contribution in [-0.4, -0.2) is 46.8 Å². The van der Waals surface area contributed by atoms with Crippen molar-refractivity contribution >= 4 is 26.7 Å². The van der Waals surface area contributed by atoms with Gasteiger partial charge in [-0.25, -0.2) is 0 Å². The van der Waals surface area contributed by atoms with E-state index < -0.39 is 10.8 Å². The topological polar surface area (TPSA) is 32.3 Å². The van der Waals surface area contributed by atoms with Gasteiger partial charge in [0.2, 0.25) is 0 Å². The molecule has 0 aliphatic carbocycles. The minimum absolute atomic E-state index is 0.393. The van der Waals surface area contributed by atoms with E-state index in [0.29, 0.717) is 6.04 Å². The van der Waals surface area contributed by atoms with E-state index in [9.17, 15) is 4.21 Å². The molecule has 3 nitrogen and oxygen atoms in total. The molecule has 1 atom stereocenters. The Labute approximate surface area is 132 Å². The van der Waals surface area contributed by atoms with Crippen LogP contribution >= 0.6 is 15.9 Å². The van der Waals surface area contributed by atoms with Crippen LogP contribution in [0.25, 0.3) is 0 Å². The number of rotatable bonds is 6. The van der Waals surface area contributed by atoms with Crippen LogP contribution in [0.5, 0.6) is 0 Å². The van der Waals surface area contributed by atoms with Gasteiger partial charge in [0, 0.05) is 52.5 Å². The van der Waals surface area contributed by atoms with E-state index >= 15 is 0 Å². The van der Waals surface area contributed by atoms with E-state index in [4.69, 9.17) is 0 Å². The maximum Gasteiger partial charge on any atom is 0.0363 e. The lowest BCUT2D eigenvalue weighted by Crippen LogP contribution is -2.39. The van der Waals surface area contributed by atoms with E-state index in [1.807, 2.05) is 0 Å². The lowest BCUT2D eigenvalue weighted by molar-refractivity contribution is 0.279. The van der Waals surface area contributed by atoms with Crippen molar-refractivity contribution in [2.75, 3.05) is 37.7 Å². The molecule has 1 aromatic rings. The van der Waals surface area contributed by atoms with Gasteiger partial charge >= 0.3 is 0 Å². The molecule has 1 saturated heterocycles. The van der Waals surface area contributed by atoms with Gasteiger partial charge in [-0.1, -0.05) is 35.0 Å². The van der Waals surface area contributed by atoms with Crippen LogP contribution in [-0.2, 0) is 10.8 Å². The molecule has 1 heterocycles. The molecule has 0 aromatic heterocycles. The van der Waals surface area contributed by atoms with E-state index in [2.05, 4.69) is 57.3 Å². The zero-order valence-electron chi connectivity index (χ0n) is 12.0. The highest BCUT2D eigenvalue weighted by molar-refractivity contribution is 9.10. The monoisotopic (exact) mass is 358 g/mol. The van der Waals surface area contributed by atoms with Crippen LogP contribution in [0.4, 0.5) is 0 Å². The molecule has 0 spiro atoms. The van der Waals surface area contributed by atoms with E-state index in [1.54, 1.807) is 0 Å². The largest absolute Gasteiger partial charge is 0.310 e. The molecule has 0 saturated carbocycles. The molecular weight excluding hydrogens is 336 g/mol. The van der Waals surface area contributed by atoms with E-state index in [-0.39, 0.29) is 0 Å². The maximum absolute atomic E-state index is 11.4. The molecule has 1 aromatic carbocycles. The quantitative estimate of drug-likeness (QED) is 0.847. The van der Waals surface area contributed by atoms with E-state index in [1.165, 1.54) is 5.56 Å².